The topological polar surface area (TPSA) is 183 Å². The third kappa shape index (κ3) is 9.43. The molecule has 0 spiro atoms. The monoisotopic (exact) mass is 643 g/mol. The van der Waals surface area contributed by atoms with Gasteiger partial charge in [0.05, 0.1) is 22.8 Å². The van der Waals surface area contributed by atoms with Crippen LogP contribution in [-0.4, -0.2) is 55.2 Å². The van der Waals surface area contributed by atoms with Crippen LogP contribution in [0.2, 0.25) is 0 Å². The Kier molecular flexibility index (Phi) is 11.4. The molecule has 0 radical (unpaired) electrons. The summed E-state index contributed by atoms with van der Waals surface area (Å²) in [7, 11) is -8.76. The number of hydrogen-bond donors (Lipinski definition) is 4. The zero-order valence-electron chi connectivity index (χ0n) is 24.2. The Hall–Kier alpha value is -4.14. The first-order valence-corrected chi connectivity index (χ1v) is 16.6. The SMILES string of the molecule is CC(=O)N(/C=C/C=C/CC(C)(c1ccc(C(=O)O)cc1)c1cc(S(=O)(=O)O)ccc1[NH2+]CCCS(=O)(=O)O)c1ccccc1. The molecule has 11 nitrogen and oxygen atoms in total. The average Bonchev–Trinajstić information content (AvgIpc) is 2.96. The molecule has 1 amide bonds. The van der Waals surface area contributed by atoms with Crippen LogP contribution in [-0.2, 0) is 30.4 Å². The molecule has 0 heterocycles. The van der Waals surface area contributed by atoms with E-state index in [1.165, 1.54) is 42.2 Å². The lowest BCUT2D eigenvalue weighted by Gasteiger charge is -2.31. The standard InChI is InChI=1S/C31H34N2O9S2/c1-23(34)33(26-10-5-3-6-11-26)20-8-4-7-18-31(2,25-14-12-24(13-15-25)30(35)36)28-22-27(44(40,41)42)16-17-29(28)32-19-9-21-43(37,38)39/h3-8,10-17,20,22,32H,9,18-19,21H2,1-2H3,(H,35,36)(H,37,38,39)(H,40,41,42)/p+1/b7-4+,20-8+. The van der Waals surface area contributed by atoms with E-state index in [0.29, 0.717) is 22.5 Å². The number of nitrogens with zero attached hydrogens (tertiary/aromatic N) is 1. The molecule has 3 aromatic carbocycles. The van der Waals surface area contributed by atoms with Crippen molar-refractivity contribution in [3.8, 4) is 0 Å². The van der Waals surface area contributed by atoms with Crippen LogP contribution in [0, 0.1) is 0 Å². The number of hydrogen-bond acceptors (Lipinski definition) is 6. The molecule has 234 valence electrons. The number of allylic oxidation sites excluding steroid dienone is 3. The molecule has 5 N–H and O–H groups in total. The lowest BCUT2D eigenvalue weighted by molar-refractivity contribution is -0.572. The summed E-state index contributed by atoms with van der Waals surface area (Å²) in [6, 6.07) is 19.3. The lowest BCUT2D eigenvalue weighted by atomic mass is 9.72. The van der Waals surface area contributed by atoms with Crippen molar-refractivity contribution < 1.29 is 46.0 Å². The van der Waals surface area contributed by atoms with Crippen molar-refractivity contribution in [3.63, 3.8) is 0 Å². The molecule has 3 rings (SSSR count). The van der Waals surface area contributed by atoms with Gasteiger partial charge in [-0.15, -0.1) is 0 Å². The summed E-state index contributed by atoms with van der Waals surface area (Å²) in [5.74, 6) is -1.76. The van der Waals surface area contributed by atoms with Crippen molar-refractivity contribution in [3.05, 3.63) is 114 Å². The number of aromatic carboxylic acids is 1. The first kappa shape index (κ1) is 34.4. The third-order valence-corrected chi connectivity index (χ3v) is 8.69. The van der Waals surface area contributed by atoms with Crippen molar-refractivity contribution in [2.75, 3.05) is 17.2 Å². The highest BCUT2D eigenvalue weighted by molar-refractivity contribution is 7.86. The van der Waals surface area contributed by atoms with Crippen LogP contribution < -0.4 is 10.2 Å². The van der Waals surface area contributed by atoms with E-state index in [9.17, 15) is 36.1 Å². The molecule has 0 saturated carbocycles. The summed E-state index contributed by atoms with van der Waals surface area (Å²) in [5.41, 5.74) is 1.45. The number of carboxylic acid groups (broad SMARTS) is 1. The van der Waals surface area contributed by atoms with Gasteiger partial charge < -0.3 is 10.4 Å². The summed E-state index contributed by atoms with van der Waals surface area (Å²) >= 11 is 0. The first-order chi connectivity index (χ1) is 20.6. The Balaban J connectivity index is 2.06. The molecule has 1 atom stereocenters. The van der Waals surface area contributed by atoms with Gasteiger partial charge in [-0.3, -0.25) is 18.8 Å². The zero-order valence-corrected chi connectivity index (χ0v) is 25.8. The second kappa shape index (κ2) is 14.6. The Morgan fingerprint density at radius 2 is 1.59 bits per heavy atom. The van der Waals surface area contributed by atoms with E-state index in [0.717, 1.165) is 0 Å². The number of rotatable bonds is 14. The molecule has 1 unspecified atom stereocenters. The first-order valence-electron chi connectivity index (χ1n) is 13.5. The smallest absolute Gasteiger partial charge is 0.335 e. The van der Waals surface area contributed by atoms with E-state index in [1.54, 1.807) is 47.9 Å². The molecule has 3 aromatic rings. The molecule has 13 heteroatoms. The molecular weight excluding hydrogens is 608 g/mol. The van der Waals surface area contributed by atoms with Crippen LogP contribution in [0.1, 0.15) is 48.2 Å². The number of nitrogens with two attached hydrogens (primary N) is 1. The van der Waals surface area contributed by atoms with E-state index in [-0.39, 0.29) is 35.8 Å². The van der Waals surface area contributed by atoms with E-state index in [4.69, 9.17) is 4.55 Å². The van der Waals surface area contributed by atoms with Gasteiger partial charge in [-0.2, -0.15) is 16.8 Å². The molecule has 44 heavy (non-hydrogen) atoms. The van der Waals surface area contributed by atoms with Gasteiger partial charge in [0.25, 0.3) is 20.2 Å². The highest BCUT2D eigenvalue weighted by atomic mass is 32.2. The van der Waals surface area contributed by atoms with Crippen LogP contribution in [0.5, 0.6) is 0 Å². The highest BCUT2D eigenvalue weighted by Gasteiger charge is 2.33. The fourth-order valence-electron chi connectivity index (χ4n) is 4.72. The van der Waals surface area contributed by atoms with Crippen molar-refractivity contribution in [2.24, 2.45) is 0 Å². The maximum atomic E-state index is 12.2. The minimum atomic E-state index is -4.59. The minimum absolute atomic E-state index is 0.0588. The number of carbonyl (C=O) groups is 2. The molecule has 0 aromatic heterocycles. The van der Waals surface area contributed by atoms with Crippen molar-refractivity contribution in [2.45, 2.75) is 37.0 Å². The number of carboxylic acids is 1. The van der Waals surface area contributed by atoms with Crippen molar-refractivity contribution in [1.82, 2.24) is 0 Å². The number of para-hydroxylation sites is 1. The van der Waals surface area contributed by atoms with E-state index >= 15 is 0 Å². The normalized spacial score (nSPS) is 13.6. The zero-order chi connectivity index (χ0) is 32.5. The van der Waals surface area contributed by atoms with Gasteiger partial charge in [0.1, 0.15) is 5.69 Å². The molecule has 0 aliphatic heterocycles. The molecule has 0 aliphatic carbocycles. The summed E-state index contributed by atoms with van der Waals surface area (Å²) in [6.07, 6.45) is 7.22. The molecular formula is C31H35N2O9S2+. The van der Waals surface area contributed by atoms with Gasteiger partial charge in [-0.25, -0.2) is 4.79 Å². The van der Waals surface area contributed by atoms with Gasteiger partial charge in [0, 0.05) is 42.3 Å². The number of amides is 1. The maximum Gasteiger partial charge on any atom is 0.335 e. The van der Waals surface area contributed by atoms with Crippen LogP contribution >= 0.6 is 0 Å². The van der Waals surface area contributed by atoms with Gasteiger partial charge in [0.15, 0.2) is 0 Å². The number of anilines is 1. The predicted molar refractivity (Wildman–Crippen MR) is 166 cm³/mol. The van der Waals surface area contributed by atoms with Crippen molar-refractivity contribution >= 4 is 43.5 Å². The summed E-state index contributed by atoms with van der Waals surface area (Å²) < 4.78 is 65.5. The molecule has 0 bridgehead atoms. The van der Waals surface area contributed by atoms with Gasteiger partial charge in [-0.1, -0.05) is 49.4 Å². The van der Waals surface area contributed by atoms with Gasteiger partial charge in [-0.05, 0) is 54.5 Å². The summed E-state index contributed by atoms with van der Waals surface area (Å²) in [5, 5.41) is 11.1. The third-order valence-electron chi connectivity index (χ3n) is 7.04. The van der Waals surface area contributed by atoms with Crippen molar-refractivity contribution in [1.29, 1.82) is 0 Å². The van der Waals surface area contributed by atoms with Crippen LogP contribution in [0.3, 0.4) is 0 Å². The maximum absolute atomic E-state index is 12.2. The predicted octanol–water partition coefficient (Wildman–Crippen LogP) is 3.92. The quantitative estimate of drug-likeness (QED) is 0.0875. The van der Waals surface area contributed by atoms with E-state index in [1.807, 2.05) is 31.2 Å². The lowest BCUT2D eigenvalue weighted by Crippen LogP contribution is -2.78. The fourth-order valence-corrected chi connectivity index (χ4v) is 5.76. The second-order valence-electron chi connectivity index (χ2n) is 10.3. The largest absolute Gasteiger partial charge is 0.478 e. The highest BCUT2D eigenvalue weighted by Crippen LogP contribution is 2.40. The molecule has 0 saturated heterocycles. The molecule has 0 fully saturated rings. The van der Waals surface area contributed by atoms with Crippen LogP contribution in [0.15, 0.2) is 102 Å². The van der Waals surface area contributed by atoms with Crippen LogP contribution in [0.4, 0.5) is 11.4 Å². The fraction of sp³-hybridized carbons (Fsp3) is 0.226. The average molecular weight is 644 g/mol. The number of quaternary nitrogens is 1. The van der Waals surface area contributed by atoms with E-state index < -0.39 is 37.4 Å². The summed E-state index contributed by atoms with van der Waals surface area (Å²) in [4.78, 5) is 24.8. The second-order valence-corrected chi connectivity index (χ2v) is 13.3. The Morgan fingerprint density at radius 3 is 2.16 bits per heavy atom. The molecule has 0 aliphatic rings. The number of benzene rings is 3. The van der Waals surface area contributed by atoms with E-state index in [2.05, 4.69) is 0 Å². The number of carbonyl (C=O) groups excluding carboxylic acids is 1. The van der Waals surface area contributed by atoms with Crippen LogP contribution in [0.25, 0.3) is 0 Å². The Labute approximate surface area is 257 Å². The minimum Gasteiger partial charge on any atom is -0.478 e. The van der Waals surface area contributed by atoms with Gasteiger partial charge in [0.2, 0.25) is 5.91 Å². The Morgan fingerprint density at radius 1 is 0.932 bits per heavy atom. The Bertz CT molecular complexity index is 1750. The van der Waals surface area contributed by atoms with Gasteiger partial charge >= 0.3 is 5.97 Å². The summed E-state index contributed by atoms with van der Waals surface area (Å²) in [6.45, 7) is 3.52.